The van der Waals surface area contributed by atoms with Gasteiger partial charge in [-0.3, -0.25) is 4.79 Å². The zero-order chi connectivity index (χ0) is 36.7. The van der Waals surface area contributed by atoms with Crippen molar-refractivity contribution >= 4 is 5.91 Å². The highest BCUT2D eigenvalue weighted by molar-refractivity contribution is 5.76. The normalized spacial score (nSPS) is 22.6. The summed E-state index contributed by atoms with van der Waals surface area (Å²) in [6, 6.07) is -0.822. The molecule has 0 saturated carbocycles. The van der Waals surface area contributed by atoms with Gasteiger partial charge in [-0.25, -0.2) is 0 Å². The van der Waals surface area contributed by atoms with Gasteiger partial charge in [0.2, 0.25) is 5.91 Å². The molecule has 0 aromatic heterocycles. The maximum atomic E-state index is 12.9. The predicted octanol–water partition coefficient (Wildman–Crippen LogP) is 7.33. The monoisotopic (exact) mass is 710 g/mol. The van der Waals surface area contributed by atoms with Crippen molar-refractivity contribution < 1.29 is 39.8 Å². The third kappa shape index (κ3) is 23.1. The second kappa shape index (κ2) is 32.1. The molecule has 292 valence electrons. The van der Waals surface area contributed by atoms with Crippen LogP contribution in [0, 0.1) is 0 Å². The third-order valence-corrected chi connectivity index (χ3v) is 9.44. The first-order chi connectivity index (χ1) is 24.3. The molecule has 7 atom stereocenters. The van der Waals surface area contributed by atoms with Crippen molar-refractivity contribution in [3.05, 3.63) is 36.5 Å². The number of amides is 1. The van der Waals surface area contributed by atoms with E-state index in [-0.39, 0.29) is 12.5 Å². The molecule has 7 unspecified atom stereocenters. The van der Waals surface area contributed by atoms with Crippen LogP contribution in [0.3, 0.4) is 0 Å². The molecule has 0 spiro atoms. The highest BCUT2D eigenvalue weighted by Crippen LogP contribution is 2.22. The van der Waals surface area contributed by atoms with E-state index in [4.69, 9.17) is 9.47 Å². The van der Waals surface area contributed by atoms with Gasteiger partial charge >= 0.3 is 0 Å². The molecule has 0 radical (unpaired) electrons. The van der Waals surface area contributed by atoms with E-state index in [2.05, 4.69) is 43.5 Å². The fourth-order valence-corrected chi connectivity index (χ4v) is 6.10. The highest BCUT2D eigenvalue weighted by atomic mass is 16.7. The number of allylic oxidation sites excluding steroid dienone is 5. The maximum Gasteiger partial charge on any atom is 0.220 e. The van der Waals surface area contributed by atoms with Crippen molar-refractivity contribution in [3.8, 4) is 0 Å². The molecule has 1 amide bonds. The van der Waals surface area contributed by atoms with E-state index in [1.165, 1.54) is 83.5 Å². The fraction of sp³-hybridized carbons (Fsp3) is 0.829. The van der Waals surface area contributed by atoms with Crippen molar-refractivity contribution in [3.63, 3.8) is 0 Å². The number of carbonyl (C=O) groups excluding carboxylic acids is 1. The Morgan fingerprint density at radius 3 is 1.68 bits per heavy atom. The first-order valence-electron chi connectivity index (χ1n) is 20.2. The van der Waals surface area contributed by atoms with E-state index in [9.17, 15) is 30.3 Å². The zero-order valence-corrected chi connectivity index (χ0v) is 31.6. The van der Waals surface area contributed by atoms with Gasteiger partial charge in [-0.1, -0.05) is 134 Å². The molecular formula is C41H75NO8. The molecule has 1 saturated heterocycles. The Kier molecular flexibility index (Phi) is 29.8. The summed E-state index contributed by atoms with van der Waals surface area (Å²) in [5.74, 6) is -0.199. The van der Waals surface area contributed by atoms with Crippen LogP contribution in [0.4, 0.5) is 0 Å². The van der Waals surface area contributed by atoms with Gasteiger partial charge in [-0.15, -0.1) is 0 Å². The van der Waals surface area contributed by atoms with Crippen LogP contribution in [0.1, 0.15) is 162 Å². The molecule has 1 heterocycles. The Bertz CT molecular complexity index is 879. The minimum atomic E-state index is -1.57. The van der Waals surface area contributed by atoms with Crippen LogP contribution >= 0.6 is 0 Å². The lowest BCUT2D eigenvalue weighted by Crippen LogP contribution is -2.60. The Hall–Kier alpha value is -1.59. The van der Waals surface area contributed by atoms with Gasteiger partial charge in [0.05, 0.1) is 25.4 Å². The Labute approximate surface area is 304 Å². The summed E-state index contributed by atoms with van der Waals surface area (Å²) in [6.07, 6.45) is 30.5. The van der Waals surface area contributed by atoms with Crippen molar-refractivity contribution in [1.29, 1.82) is 0 Å². The molecule has 1 aliphatic heterocycles. The lowest BCUT2D eigenvalue weighted by molar-refractivity contribution is -0.302. The number of carbonyl (C=O) groups is 1. The minimum Gasteiger partial charge on any atom is -0.394 e. The van der Waals surface area contributed by atoms with Gasteiger partial charge in [0, 0.05) is 6.42 Å². The van der Waals surface area contributed by atoms with E-state index in [1.807, 2.05) is 6.08 Å². The number of ether oxygens (including phenoxy) is 2. The predicted molar refractivity (Wildman–Crippen MR) is 203 cm³/mol. The number of hydrogen-bond acceptors (Lipinski definition) is 8. The van der Waals surface area contributed by atoms with Crippen LogP contribution < -0.4 is 5.32 Å². The third-order valence-electron chi connectivity index (χ3n) is 9.44. The second-order valence-corrected chi connectivity index (χ2v) is 14.1. The van der Waals surface area contributed by atoms with Crippen LogP contribution in [0.2, 0.25) is 0 Å². The van der Waals surface area contributed by atoms with E-state index >= 15 is 0 Å². The molecule has 9 nitrogen and oxygen atoms in total. The zero-order valence-electron chi connectivity index (χ0n) is 31.6. The molecule has 6 N–H and O–H groups in total. The summed E-state index contributed by atoms with van der Waals surface area (Å²) in [6.45, 7) is 3.70. The molecule has 9 heteroatoms. The van der Waals surface area contributed by atoms with E-state index < -0.39 is 49.5 Å². The van der Waals surface area contributed by atoms with Crippen molar-refractivity contribution in [1.82, 2.24) is 5.32 Å². The standard InChI is InChI=1S/C41H75NO8/c1-3-5-7-9-11-13-15-16-17-18-19-21-23-25-27-29-31-37(45)42-34(33-49-41-40(48)39(47)38(46)36(32-43)50-41)35(44)30-28-26-24-22-20-14-12-10-8-6-4-2/h17-18,20,22,28,30,34-36,38-41,43-44,46-48H,3-16,19,21,23-27,29,31-33H2,1-2H3,(H,42,45)/b18-17-,22-20+,30-28+. The quantitative estimate of drug-likeness (QED) is 0.0314. The number of hydrogen-bond donors (Lipinski definition) is 6. The van der Waals surface area contributed by atoms with E-state index in [0.717, 1.165) is 57.8 Å². The van der Waals surface area contributed by atoms with Gasteiger partial charge in [0.15, 0.2) is 6.29 Å². The molecule has 50 heavy (non-hydrogen) atoms. The molecule has 0 bridgehead atoms. The average molecular weight is 710 g/mol. The Morgan fingerprint density at radius 2 is 1.14 bits per heavy atom. The highest BCUT2D eigenvalue weighted by Gasteiger charge is 2.44. The van der Waals surface area contributed by atoms with Crippen LogP contribution in [-0.2, 0) is 14.3 Å². The first kappa shape index (κ1) is 46.4. The van der Waals surface area contributed by atoms with Crippen molar-refractivity contribution in [2.75, 3.05) is 13.2 Å². The van der Waals surface area contributed by atoms with Crippen molar-refractivity contribution in [2.24, 2.45) is 0 Å². The first-order valence-corrected chi connectivity index (χ1v) is 20.2. The van der Waals surface area contributed by atoms with E-state index in [1.54, 1.807) is 6.08 Å². The average Bonchev–Trinajstić information content (AvgIpc) is 3.11. The number of unbranched alkanes of at least 4 members (excludes halogenated alkanes) is 18. The van der Waals surface area contributed by atoms with E-state index in [0.29, 0.717) is 6.42 Å². The van der Waals surface area contributed by atoms with Crippen LogP contribution in [-0.4, -0.2) is 87.5 Å². The lowest BCUT2D eigenvalue weighted by Gasteiger charge is -2.40. The smallest absolute Gasteiger partial charge is 0.220 e. The lowest BCUT2D eigenvalue weighted by atomic mass is 9.99. The summed E-state index contributed by atoms with van der Waals surface area (Å²) in [5.41, 5.74) is 0. The molecule has 1 rings (SSSR count). The number of aliphatic hydroxyl groups is 5. The maximum absolute atomic E-state index is 12.9. The van der Waals surface area contributed by atoms with Crippen molar-refractivity contribution in [2.45, 2.75) is 204 Å². The topological polar surface area (TPSA) is 149 Å². The number of rotatable bonds is 32. The Balaban J connectivity index is 2.44. The summed E-state index contributed by atoms with van der Waals surface area (Å²) >= 11 is 0. The second-order valence-electron chi connectivity index (χ2n) is 14.1. The molecular weight excluding hydrogens is 634 g/mol. The molecule has 0 aliphatic carbocycles. The van der Waals surface area contributed by atoms with Gasteiger partial charge < -0.3 is 40.3 Å². The summed E-state index contributed by atoms with van der Waals surface area (Å²) < 4.78 is 11.1. The van der Waals surface area contributed by atoms with Gasteiger partial charge in [0.1, 0.15) is 24.4 Å². The van der Waals surface area contributed by atoms with Crippen LogP contribution in [0.25, 0.3) is 0 Å². The number of nitrogens with one attached hydrogen (secondary N) is 1. The van der Waals surface area contributed by atoms with Crippen LogP contribution in [0.5, 0.6) is 0 Å². The Morgan fingerprint density at radius 1 is 0.660 bits per heavy atom. The SMILES string of the molecule is CCCCCCC/C=C/CC/C=C/C(O)C(COC1OC(CO)C(O)C(O)C1O)NC(=O)CCCCCCC/C=C\CCCCCCCCC. The molecule has 1 aliphatic rings. The molecule has 0 aromatic carbocycles. The fourth-order valence-electron chi connectivity index (χ4n) is 6.10. The molecule has 0 aromatic rings. The summed E-state index contributed by atoms with van der Waals surface area (Å²) in [5, 5.41) is 53.9. The van der Waals surface area contributed by atoms with Gasteiger partial charge in [0.25, 0.3) is 0 Å². The van der Waals surface area contributed by atoms with Gasteiger partial charge in [-0.05, 0) is 57.8 Å². The molecule has 1 fully saturated rings. The summed E-state index contributed by atoms with van der Waals surface area (Å²) in [4.78, 5) is 12.9. The minimum absolute atomic E-state index is 0.199. The summed E-state index contributed by atoms with van der Waals surface area (Å²) in [7, 11) is 0. The number of aliphatic hydroxyl groups excluding tert-OH is 5. The van der Waals surface area contributed by atoms with Gasteiger partial charge in [-0.2, -0.15) is 0 Å². The largest absolute Gasteiger partial charge is 0.394 e. The van der Waals surface area contributed by atoms with Crippen LogP contribution in [0.15, 0.2) is 36.5 Å².